The fourth-order valence-corrected chi connectivity index (χ4v) is 2.71. The van der Waals surface area contributed by atoms with Crippen molar-refractivity contribution in [2.45, 2.75) is 26.8 Å². The second-order valence-electron chi connectivity index (χ2n) is 4.24. The molecule has 0 saturated carbocycles. The van der Waals surface area contributed by atoms with E-state index in [0.29, 0.717) is 19.3 Å². The van der Waals surface area contributed by atoms with Crippen molar-refractivity contribution in [2.75, 3.05) is 24.3 Å². The minimum Gasteiger partial charge on any atom is -0.494 e. The molecular weight excluding hydrogens is 260 g/mol. The highest BCUT2D eigenvalue weighted by Crippen LogP contribution is 2.31. The Bertz CT molecular complexity index is 463. The summed E-state index contributed by atoms with van der Waals surface area (Å²) in [6.07, 6.45) is 0. The first-order valence-corrected chi connectivity index (χ1v) is 7.58. The number of nitrogens with one attached hydrogen (secondary N) is 1. The zero-order chi connectivity index (χ0) is 13.7. The first kappa shape index (κ1) is 14.1. The number of ether oxygens (including phenoxy) is 2. The van der Waals surface area contributed by atoms with Crippen LogP contribution in [0.15, 0.2) is 23.2 Å². The third-order valence-corrected chi connectivity index (χ3v) is 3.73. The Morgan fingerprint density at radius 2 is 2.11 bits per heavy atom. The third kappa shape index (κ3) is 3.80. The summed E-state index contributed by atoms with van der Waals surface area (Å²) < 4.78 is 11.1. The van der Waals surface area contributed by atoms with Gasteiger partial charge in [-0.2, -0.15) is 0 Å². The summed E-state index contributed by atoms with van der Waals surface area (Å²) in [5, 5.41) is 4.28. The summed E-state index contributed by atoms with van der Waals surface area (Å²) in [7, 11) is 0. The number of benzene rings is 1. The van der Waals surface area contributed by atoms with Crippen molar-refractivity contribution < 1.29 is 9.47 Å². The first-order chi connectivity index (χ1) is 9.22. The normalized spacial score (nSPS) is 18.1. The summed E-state index contributed by atoms with van der Waals surface area (Å²) in [6.45, 7) is 7.35. The second-order valence-corrected chi connectivity index (χ2v) is 5.25. The number of aliphatic imine (C=N–C) groups is 1. The highest BCUT2D eigenvalue weighted by Gasteiger charge is 2.16. The van der Waals surface area contributed by atoms with E-state index in [1.54, 1.807) is 11.8 Å². The van der Waals surface area contributed by atoms with Crippen LogP contribution in [-0.2, 0) is 0 Å². The molecule has 19 heavy (non-hydrogen) atoms. The molecule has 1 unspecified atom stereocenters. The van der Waals surface area contributed by atoms with Gasteiger partial charge in [-0.25, -0.2) is 0 Å². The highest BCUT2D eigenvalue weighted by molar-refractivity contribution is 8.14. The molecule has 104 valence electrons. The van der Waals surface area contributed by atoms with Gasteiger partial charge in [0.05, 0.1) is 24.9 Å². The predicted molar refractivity (Wildman–Crippen MR) is 81.8 cm³/mol. The number of amidine groups is 1. The van der Waals surface area contributed by atoms with Crippen LogP contribution in [0.3, 0.4) is 0 Å². The maximum atomic E-state index is 5.62. The minimum atomic E-state index is 0.373. The number of thioether (sulfide) groups is 1. The SMILES string of the molecule is CCOc1ccc(OCC)c(NC2=NC(C)CS2)c1. The average molecular weight is 280 g/mol. The van der Waals surface area contributed by atoms with Crippen LogP contribution in [0.5, 0.6) is 11.5 Å². The molecule has 0 spiro atoms. The maximum absolute atomic E-state index is 5.62. The fraction of sp³-hybridized carbons (Fsp3) is 0.500. The van der Waals surface area contributed by atoms with Gasteiger partial charge in [0.25, 0.3) is 0 Å². The van der Waals surface area contributed by atoms with E-state index in [2.05, 4.69) is 17.2 Å². The molecule has 0 aromatic heterocycles. The van der Waals surface area contributed by atoms with Gasteiger partial charge in [-0.3, -0.25) is 4.99 Å². The Morgan fingerprint density at radius 1 is 1.32 bits per heavy atom. The maximum Gasteiger partial charge on any atom is 0.161 e. The predicted octanol–water partition coefficient (Wildman–Crippen LogP) is 3.39. The summed E-state index contributed by atoms with van der Waals surface area (Å²) >= 11 is 1.73. The fourth-order valence-electron chi connectivity index (χ4n) is 1.80. The number of rotatable bonds is 5. The molecular formula is C14H20N2O2S. The van der Waals surface area contributed by atoms with Crippen molar-refractivity contribution in [1.29, 1.82) is 0 Å². The molecule has 1 aliphatic heterocycles. The Labute approximate surface area is 118 Å². The van der Waals surface area contributed by atoms with Gasteiger partial charge < -0.3 is 14.8 Å². The van der Waals surface area contributed by atoms with Gasteiger partial charge in [0.2, 0.25) is 0 Å². The third-order valence-electron chi connectivity index (χ3n) is 2.60. The summed E-state index contributed by atoms with van der Waals surface area (Å²) in [5.74, 6) is 2.69. The quantitative estimate of drug-likeness (QED) is 0.898. The highest BCUT2D eigenvalue weighted by atomic mass is 32.2. The van der Waals surface area contributed by atoms with Gasteiger partial charge in [-0.05, 0) is 32.9 Å². The molecule has 0 radical (unpaired) electrons. The lowest BCUT2D eigenvalue weighted by molar-refractivity contribution is 0.332. The lowest BCUT2D eigenvalue weighted by atomic mass is 10.2. The molecule has 4 nitrogen and oxygen atoms in total. The van der Waals surface area contributed by atoms with Gasteiger partial charge in [-0.1, -0.05) is 11.8 Å². The van der Waals surface area contributed by atoms with Crippen molar-refractivity contribution in [2.24, 2.45) is 4.99 Å². The van der Waals surface area contributed by atoms with Crippen LogP contribution in [0.4, 0.5) is 5.69 Å². The standard InChI is InChI=1S/C14H20N2O2S/c1-4-17-11-6-7-13(18-5-2)12(8-11)16-14-15-10(3)9-19-14/h6-8,10H,4-5,9H2,1-3H3,(H,15,16). The molecule has 1 aliphatic rings. The van der Waals surface area contributed by atoms with E-state index in [1.807, 2.05) is 32.0 Å². The molecule has 0 fully saturated rings. The molecule has 1 N–H and O–H groups in total. The molecule has 0 saturated heterocycles. The smallest absolute Gasteiger partial charge is 0.161 e. The molecule has 0 amide bonds. The number of hydrogen-bond donors (Lipinski definition) is 1. The monoisotopic (exact) mass is 280 g/mol. The molecule has 1 aromatic carbocycles. The number of nitrogens with zero attached hydrogens (tertiary/aromatic N) is 1. The van der Waals surface area contributed by atoms with Crippen LogP contribution in [0.1, 0.15) is 20.8 Å². The minimum absolute atomic E-state index is 0.373. The number of anilines is 1. The molecule has 1 heterocycles. The Hall–Kier alpha value is -1.36. The Kier molecular flexibility index (Phi) is 4.96. The molecule has 0 bridgehead atoms. The van der Waals surface area contributed by atoms with E-state index in [1.165, 1.54) is 0 Å². The molecule has 0 aliphatic carbocycles. The summed E-state index contributed by atoms with van der Waals surface area (Å²) in [5.41, 5.74) is 0.910. The van der Waals surface area contributed by atoms with Gasteiger partial charge in [0, 0.05) is 11.8 Å². The van der Waals surface area contributed by atoms with Crippen molar-refractivity contribution >= 4 is 22.6 Å². The molecule has 5 heteroatoms. The van der Waals surface area contributed by atoms with E-state index in [0.717, 1.165) is 28.1 Å². The lowest BCUT2D eigenvalue weighted by Crippen LogP contribution is -2.07. The van der Waals surface area contributed by atoms with E-state index in [-0.39, 0.29) is 0 Å². The number of hydrogen-bond acceptors (Lipinski definition) is 5. The van der Waals surface area contributed by atoms with Crippen LogP contribution >= 0.6 is 11.8 Å². The van der Waals surface area contributed by atoms with Crippen molar-refractivity contribution in [3.05, 3.63) is 18.2 Å². The van der Waals surface area contributed by atoms with E-state index in [9.17, 15) is 0 Å². The van der Waals surface area contributed by atoms with Gasteiger partial charge in [-0.15, -0.1) is 0 Å². The summed E-state index contributed by atoms with van der Waals surface area (Å²) in [4.78, 5) is 4.53. The van der Waals surface area contributed by atoms with E-state index in [4.69, 9.17) is 9.47 Å². The van der Waals surface area contributed by atoms with Crippen LogP contribution in [0, 0.1) is 0 Å². The van der Waals surface area contributed by atoms with Crippen LogP contribution < -0.4 is 14.8 Å². The zero-order valence-electron chi connectivity index (χ0n) is 11.6. The molecule has 1 atom stereocenters. The van der Waals surface area contributed by atoms with Crippen LogP contribution in [-0.4, -0.2) is 30.2 Å². The largest absolute Gasteiger partial charge is 0.494 e. The van der Waals surface area contributed by atoms with Gasteiger partial charge in [0.1, 0.15) is 11.5 Å². The van der Waals surface area contributed by atoms with Gasteiger partial charge >= 0.3 is 0 Å². The Balaban J connectivity index is 2.19. The van der Waals surface area contributed by atoms with Crippen LogP contribution in [0.25, 0.3) is 0 Å². The van der Waals surface area contributed by atoms with Gasteiger partial charge in [0.15, 0.2) is 5.17 Å². The molecule has 2 rings (SSSR count). The lowest BCUT2D eigenvalue weighted by Gasteiger charge is -2.13. The van der Waals surface area contributed by atoms with E-state index < -0.39 is 0 Å². The first-order valence-electron chi connectivity index (χ1n) is 6.60. The topological polar surface area (TPSA) is 42.9 Å². The van der Waals surface area contributed by atoms with Crippen molar-refractivity contribution in [3.63, 3.8) is 0 Å². The van der Waals surface area contributed by atoms with Crippen LogP contribution in [0.2, 0.25) is 0 Å². The molecule has 1 aromatic rings. The van der Waals surface area contributed by atoms with Crippen molar-refractivity contribution in [3.8, 4) is 11.5 Å². The van der Waals surface area contributed by atoms with E-state index >= 15 is 0 Å². The second kappa shape index (κ2) is 6.70. The zero-order valence-corrected chi connectivity index (χ0v) is 12.4. The Morgan fingerprint density at radius 3 is 2.74 bits per heavy atom. The average Bonchev–Trinajstić information content (AvgIpc) is 2.79. The van der Waals surface area contributed by atoms with Crippen molar-refractivity contribution in [1.82, 2.24) is 0 Å². The summed E-state index contributed by atoms with van der Waals surface area (Å²) in [6, 6.07) is 6.19.